The molecule has 1 aromatic heterocycles. The van der Waals surface area contributed by atoms with Gasteiger partial charge in [0.05, 0.1) is 5.69 Å². The van der Waals surface area contributed by atoms with Crippen LogP contribution in [0.3, 0.4) is 0 Å². The van der Waals surface area contributed by atoms with Crippen molar-refractivity contribution in [1.82, 2.24) is 9.97 Å². The molecular weight excluding hydrogens is 356 g/mol. The maximum Gasteiger partial charge on any atom is 0.116 e. The van der Waals surface area contributed by atoms with Crippen LogP contribution in [0, 0.1) is 0 Å². The summed E-state index contributed by atoms with van der Waals surface area (Å²) < 4.78 is 0. The van der Waals surface area contributed by atoms with Crippen LogP contribution in [-0.2, 0) is 0 Å². The van der Waals surface area contributed by atoms with Crippen molar-refractivity contribution in [3.05, 3.63) is 99.9 Å². The first-order chi connectivity index (χ1) is 12.9. The highest BCUT2D eigenvalue weighted by atomic mass is 32.2. The highest BCUT2D eigenvalue weighted by Crippen LogP contribution is 2.39. The molecule has 128 valence electrons. The van der Waals surface area contributed by atoms with Gasteiger partial charge in [0.1, 0.15) is 6.33 Å². The average molecular weight is 375 g/mol. The Hall–Kier alpha value is -2.30. The Labute approximate surface area is 162 Å². The van der Waals surface area contributed by atoms with E-state index >= 15 is 0 Å². The Morgan fingerprint density at radius 2 is 1.81 bits per heavy atom. The van der Waals surface area contributed by atoms with Crippen LogP contribution in [0.25, 0.3) is 17.7 Å². The van der Waals surface area contributed by atoms with Gasteiger partial charge >= 0.3 is 0 Å². The predicted molar refractivity (Wildman–Crippen MR) is 116 cm³/mol. The van der Waals surface area contributed by atoms with Gasteiger partial charge in [-0.2, -0.15) is 0 Å². The summed E-state index contributed by atoms with van der Waals surface area (Å²) in [5.74, 6) is 1.98. The topological polar surface area (TPSA) is 25.8 Å². The number of thioether (sulfide) groups is 2. The van der Waals surface area contributed by atoms with Crippen LogP contribution < -0.4 is 0 Å². The zero-order valence-electron chi connectivity index (χ0n) is 14.2. The largest absolute Gasteiger partial charge is 0.244 e. The summed E-state index contributed by atoms with van der Waals surface area (Å²) in [4.78, 5) is 11.5. The first kappa shape index (κ1) is 17.1. The van der Waals surface area contributed by atoms with Crippen LogP contribution in [-0.4, -0.2) is 21.5 Å². The van der Waals surface area contributed by atoms with Gasteiger partial charge < -0.3 is 0 Å². The molecule has 0 aliphatic carbocycles. The molecular formula is C22H18N2S2. The van der Waals surface area contributed by atoms with Gasteiger partial charge in [-0.25, -0.2) is 9.97 Å². The van der Waals surface area contributed by atoms with E-state index in [9.17, 15) is 0 Å². The highest BCUT2D eigenvalue weighted by molar-refractivity contribution is 8.08. The molecule has 0 saturated carbocycles. The quantitative estimate of drug-likeness (QED) is 0.670. The lowest BCUT2D eigenvalue weighted by atomic mass is 10.1. The maximum atomic E-state index is 4.55. The second-order valence-corrected chi connectivity index (χ2v) is 7.93. The molecule has 0 bridgehead atoms. The van der Waals surface area contributed by atoms with Crippen molar-refractivity contribution in [3.8, 4) is 0 Å². The summed E-state index contributed by atoms with van der Waals surface area (Å²) in [6, 6.07) is 10.3. The molecule has 0 amide bonds. The molecule has 0 N–H and O–H groups in total. The third-order valence-corrected chi connectivity index (χ3v) is 6.36. The molecule has 1 aromatic carbocycles. The van der Waals surface area contributed by atoms with Crippen molar-refractivity contribution < 1.29 is 0 Å². The van der Waals surface area contributed by atoms with Gasteiger partial charge in [0.25, 0.3) is 0 Å². The lowest BCUT2D eigenvalue weighted by Crippen LogP contribution is -2.00. The van der Waals surface area contributed by atoms with E-state index in [0.29, 0.717) is 0 Å². The SMILES string of the molecule is C1=CCSC(C2=CC=C(c3ncncc3/C=C/c3ccccc3)CS2)=C1. The lowest BCUT2D eigenvalue weighted by Gasteiger charge is -2.17. The number of aromatic nitrogens is 2. The van der Waals surface area contributed by atoms with Crippen LogP contribution in [0.4, 0.5) is 0 Å². The maximum absolute atomic E-state index is 4.55. The van der Waals surface area contributed by atoms with Crippen LogP contribution >= 0.6 is 23.5 Å². The van der Waals surface area contributed by atoms with Gasteiger partial charge in [-0.05, 0) is 23.3 Å². The summed E-state index contributed by atoms with van der Waals surface area (Å²) in [6.07, 6.45) is 18.7. The Morgan fingerprint density at radius 1 is 0.923 bits per heavy atom. The standard InChI is InChI=1S/C22H18N2S2/c1-2-6-17(7-3-1)9-10-18-14-23-16-24-22(18)19-11-12-21(26-15-19)20-8-4-5-13-25-20/h1-12,14,16H,13,15H2/b10-9+. The molecule has 0 atom stereocenters. The molecule has 0 radical (unpaired) electrons. The number of allylic oxidation sites excluding steroid dienone is 4. The molecule has 0 spiro atoms. The molecule has 3 heterocycles. The normalized spacial score (nSPS) is 17.0. The van der Waals surface area contributed by atoms with Gasteiger partial charge in [0, 0.05) is 33.1 Å². The summed E-state index contributed by atoms with van der Waals surface area (Å²) in [7, 11) is 0. The molecule has 4 rings (SSSR count). The first-order valence-electron chi connectivity index (χ1n) is 8.47. The van der Waals surface area contributed by atoms with E-state index in [2.05, 4.69) is 64.6 Å². The van der Waals surface area contributed by atoms with Crippen LogP contribution in [0.5, 0.6) is 0 Å². The molecule has 2 nitrogen and oxygen atoms in total. The van der Waals surface area contributed by atoms with Crippen molar-refractivity contribution in [2.45, 2.75) is 0 Å². The average Bonchev–Trinajstić information content (AvgIpc) is 2.74. The van der Waals surface area contributed by atoms with Gasteiger partial charge in [-0.15, -0.1) is 23.5 Å². The minimum Gasteiger partial charge on any atom is -0.244 e. The molecule has 2 aliphatic heterocycles. The minimum absolute atomic E-state index is 0.927. The van der Waals surface area contributed by atoms with Crippen LogP contribution in [0.2, 0.25) is 0 Å². The summed E-state index contributed by atoms with van der Waals surface area (Å²) in [6.45, 7) is 0. The fourth-order valence-corrected chi connectivity index (χ4v) is 4.80. The van der Waals surface area contributed by atoms with Gasteiger partial charge in [-0.3, -0.25) is 0 Å². The molecule has 26 heavy (non-hydrogen) atoms. The van der Waals surface area contributed by atoms with Crippen LogP contribution in [0.15, 0.2) is 83.0 Å². The van der Waals surface area contributed by atoms with E-state index in [1.807, 2.05) is 47.9 Å². The summed E-state index contributed by atoms with van der Waals surface area (Å²) in [5, 5.41) is 0. The van der Waals surface area contributed by atoms with Crippen LogP contribution in [0.1, 0.15) is 16.8 Å². The summed E-state index contributed by atoms with van der Waals surface area (Å²) in [5.41, 5.74) is 4.48. The number of nitrogens with zero attached hydrogens (tertiary/aromatic N) is 2. The second kappa shape index (κ2) is 8.39. The monoisotopic (exact) mass is 374 g/mol. The fraction of sp³-hybridized carbons (Fsp3) is 0.0909. The number of rotatable bonds is 4. The molecule has 2 aromatic rings. The molecule has 0 unspecified atom stereocenters. The third kappa shape index (κ3) is 4.09. The lowest BCUT2D eigenvalue weighted by molar-refractivity contribution is 1.13. The third-order valence-electron chi connectivity index (χ3n) is 4.08. The van der Waals surface area contributed by atoms with E-state index in [0.717, 1.165) is 22.8 Å². The molecule has 0 saturated heterocycles. The zero-order valence-corrected chi connectivity index (χ0v) is 15.8. The minimum atomic E-state index is 0.927. The highest BCUT2D eigenvalue weighted by Gasteiger charge is 2.15. The number of hydrogen-bond donors (Lipinski definition) is 0. The first-order valence-corrected chi connectivity index (χ1v) is 10.4. The Morgan fingerprint density at radius 3 is 2.58 bits per heavy atom. The van der Waals surface area contributed by atoms with Gasteiger partial charge in [0.2, 0.25) is 0 Å². The predicted octanol–water partition coefficient (Wildman–Crippen LogP) is 5.85. The Bertz CT molecular complexity index is 938. The fourth-order valence-electron chi connectivity index (χ4n) is 2.76. The van der Waals surface area contributed by atoms with Gasteiger partial charge in [0.15, 0.2) is 0 Å². The van der Waals surface area contributed by atoms with E-state index in [1.54, 1.807) is 6.33 Å². The van der Waals surface area contributed by atoms with Crippen molar-refractivity contribution >= 4 is 41.2 Å². The molecule has 2 aliphatic rings. The van der Waals surface area contributed by atoms with E-state index in [-0.39, 0.29) is 0 Å². The second-order valence-electron chi connectivity index (χ2n) is 5.85. The Balaban J connectivity index is 1.60. The molecule has 4 heteroatoms. The Kier molecular flexibility index (Phi) is 5.53. The number of hydrogen-bond acceptors (Lipinski definition) is 4. The van der Waals surface area contributed by atoms with Crippen molar-refractivity contribution in [3.63, 3.8) is 0 Å². The van der Waals surface area contributed by atoms with Crippen molar-refractivity contribution in [2.24, 2.45) is 0 Å². The molecule has 0 fully saturated rings. The van der Waals surface area contributed by atoms with Crippen molar-refractivity contribution in [2.75, 3.05) is 11.5 Å². The smallest absolute Gasteiger partial charge is 0.116 e. The van der Waals surface area contributed by atoms with Gasteiger partial charge in [-0.1, -0.05) is 60.7 Å². The van der Waals surface area contributed by atoms with E-state index in [1.165, 1.54) is 20.9 Å². The van der Waals surface area contributed by atoms with E-state index in [4.69, 9.17) is 0 Å². The summed E-state index contributed by atoms with van der Waals surface area (Å²) >= 11 is 3.78. The number of benzene rings is 1. The van der Waals surface area contributed by atoms with Crippen molar-refractivity contribution in [1.29, 1.82) is 0 Å². The zero-order chi connectivity index (χ0) is 17.6. The van der Waals surface area contributed by atoms with E-state index < -0.39 is 0 Å².